The molecule has 0 bridgehead atoms. The summed E-state index contributed by atoms with van der Waals surface area (Å²) in [7, 11) is 0. The molecule has 0 radical (unpaired) electrons. The van der Waals surface area contributed by atoms with Gasteiger partial charge in [-0.05, 0) is 18.2 Å². The first-order chi connectivity index (χ1) is 8.34. The third-order valence-corrected chi connectivity index (χ3v) is 2.78. The van der Waals surface area contributed by atoms with Crippen molar-refractivity contribution in [1.29, 1.82) is 0 Å². The lowest BCUT2D eigenvalue weighted by Crippen LogP contribution is -2.18. The van der Waals surface area contributed by atoms with E-state index in [9.17, 15) is 4.79 Å². The maximum absolute atomic E-state index is 12.1. The lowest BCUT2D eigenvalue weighted by Gasteiger charge is -2.18. The maximum atomic E-state index is 12.1. The van der Waals surface area contributed by atoms with Crippen molar-refractivity contribution < 1.29 is 9.53 Å². The third kappa shape index (κ3) is 1.76. The average Bonchev–Trinajstić information content (AvgIpc) is 2.36. The van der Waals surface area contributed by atoms with E-state index in [1.165, 1.54) is 0 Å². The van der Waals surface area contributed by atoms with Gasteiger partial charge in [-0.3, -0.25) is 4.79 Å². The Balaban J connectivity index is 2.06. The van der Waals surface area contributed by atoms with Crippen molar-refractivity contribution in [3.63, 3.8) is 0 Å². The average molecular weight is 225 g/mol. The molecule has 0 saturated carbocycles. The van der Waals surface area contributed by atoms with Gasteiger partial charge < -0.3 is 10.1 Å². The summed E-state index contributed by atoms with van der Waals surface area (Å²) in [6.07, 6.45) is 0. The van der Waals surface area contributed by atoms with Gasteiger partial charge in [-0.2, -0.15) is 0 Å². The van der Waals surface area contributed by atoms with Crippen LogP contribution in [0.3, 0.4) is 0 Å². The van der Waals surface area contributed by atoms with Crippen molar-refractivity contribution in [1.82, 2.24) is 0 Å². The quantitative estimate of drug-likeness (QED) is 0.748. The van der Waals surface area contributed by atoms with Gasteiger partial charge in [-0.15, -0.1) is 0 Å². The van der Waals surface area contributed by atoms with Crippen molar-refractivity contribution in [3.05, 3.63) is 59.7 Å². The molecule has 3 rings (SSSR count). The molecule has 0 atom stereocenters. The van der Waals surface area contributed by atoms with Crippen molar-refractivity contribution in [2.45, 2.75) is 6.61 Å². The minimum atomic E-state index is -0.0867. The number of hydrogen-bond acceptors (Lipinski definition) is 2. The van der Waals surface area contributed by atoms with Crippen LogP contribution in [0.15, 0.2) is 48.5 Å². The number of benzene rings is 2. The topological polar surface area (TPSA) is 38.3 Å². The fraction of sp³-hybridized carbons (Fsp3) is 0.0714. The highest BCUT2D eigenvalue weighted by Crippen LogP contribution is 2.28. The molecule has 84 valence electrons. The zero-order valence-corrected chi connectivity index (χ0v) is 9.14. The van der Waals surface area contributed by atoms with Gasteiger partial charge in [0, 0.05) is 11.1 Å². The van der Waals surface area contributed by atoms with E-state index in [1.54, 1.807) is 0 Å². The molecule has 0 aromatic heterocycles. The molecule has 1 heterocycles. The van der Waals surface area contributed by atoms with Crippen molar-refractivity contribution >= 4 is 11.6 Å². The predicted molar refractivity (Wildman–Crippen MR) is 65.2 cm³/mol. The van der Waals surface area contributed by atoms with Gasteiger partial charge in [0.05, 0.1) is 5.69 Å². The Morgan fingerprint density at radius 2 is 1.76 bits per heavy atom. The summed E-state index contributed by atoms with van der Waals surface area (Å²) in [4.78, 5) is 12.1. The van der Waals surface area contributed by atoms with Gasteiger partial charge in [-0.1, -0.05) is 30.3 Å². The van der Waals surface area contributed by atoms with Crippen LogP contribution >= 0.6 is 0 Å². The SMILES string of the molecule is O=C1Nc2ccccc2OCc2ccccc21. The van der Waals surface area contributed by atoms with Gasteiger partial charge in [0.25, 0.3) is 5.91 Å². The number of carbonyl (C=O) groups is 1. The second kappa shape index (κ2) is 3.94. The van der Waals surface area contributed by atoms with E-state index in [2.05, 4.69) is 5.32 Å². The van der Waals surface area contributed by atoms with Crippen LogP contribution in [0.5, 0.6) is 5.75 Å². The Kier molecular flexibility index (Phi) is 2.29. The van der Waals surface area contributed by atoms with Crippen LogP contribution in [0.2, 0.25) is 0 Å². The monoisotopic (exact) mass is 225 g/mol. The van der Waals surface area contributed by atoms with E-state index in [-0.39, 0.29) is 5.91 Å². The molecular formula is C14H11NO2. The largest absolute Gasteiger partial charge is 0.487 e. The lowest BCUT2D eigenvalue weighted by atomic mass is 10.1. The molecule has 3 nitrogen and oxygen atoms in total. The van der Waals surface area contributed by atoms with Crippen LogP contribution < -0.4 is 10.1 Å². The highest BCUT2D eigenvalue weighted by molar-refractivity contribution is 6.06. The van der Waals surface area contributed by atoms with Crippen LogP contribution in [0, 0.1) is 0 Å². The van der Waals surface area contributed by atoms with E-state index in [4.69, 9.17) is 4.74 Å². The smallest absolute Gasteiger partial charge is 0.256 e. The van der Waals surface area contributed by atoms with Crippen LogP contribution in [-0.4, -0.2) is 5.91 Å². The molecule has 1 N–H and O–H groups in total. The van der Waals surface area contributed by atoms with Gasteiger partial charge in [0.2, 0.25) is 0 Å². The van der Waals surface area contributed by atoms with E-state index < -0.39 is 0 Å². The Morgan fingerprint density at radius 1 is 1.00 bits per heavy atom. The highest BCUT2D eigenvalue weighted by Gasteiger charge is 2.16. The summed E-state index contributed by atoms with van der Waals surface area (Å²) < 4.78 is 5.69. The summed E-state index contributed by atoms with van der Waals surface area (Å²) in [6.45, 7) is 0.417. The Bertz CT molecular complexity index is 578. The van der Waals surface area contributed by atoms with Crippen LogP contribution in [0.4, 0.5) is 5.69 Å². The zero-order chi connectivity index (χ0) is 11.7. The number of rotatable bonds is 0. The molecule has 0 aliphatic carbocycles. The molecule has 1 aliphatic rings. The van der Waals surface area contributed by atoms with Crippen molar-refractivity contribution in [3.8, 4) is 5.75 Å². The Morgan fingerprint density at radius 3 is 2.71 bits per heavy atom. The van der Waals surface area contributed by atoms with Crippen LogP contribution in [-0.2, 0) is 6.61 Å². The van der Waals surface area contributed by atoms with Gasteiger partial charge in [-0.25, -0.2) is 0 Å². The number of para-hydroxylation sites is 2. The normalized spacial score (nSPS) is 13.5. The maximum Gasteiger partial charge on any atom is 0.256 e. The second-order valence-corrected chi connectivity index (χ2v) is 3.90. The first kappa shape index (κ1) is 9.90. The highest BCUT2D eigenvalue weighted by atomic mass is 16.5. The number of anilines is 1. The number of carbonyl (C=O) groups excluding carboxylic acids is 1. The van der Waals surface area contributed by atoms with E-state index in [0.717, 1.165) is 5.56 Å². The number of hydrogen-bond donors (Lipinski definition) is 1. The fourth-order valence-corrected chi connectivity index (χ4v) is 1.91. The van der Waals surface area contributed by atoms with Crippen LogP contribution in [0.1, 0.15) is 15.9 Å². The minimum Gasteiger partial charge on any atom is -0.487 e. The van der Waals surface area contributed by atoms with Crippen molar-refractivity contribution in [2.75, 3.05) is 5.32 Å². The molecule has 1 amide bonds. The number of amides is 1. The molecule has 0 fully saturated rings. The molecule has 0 saturated heterocycles. The molecule has 0 spiro atoms. The first-order valence-electron chi connectivity index (χ1n) is 5.46. The van der Waals surface area contributed by atoms with Gasteiger partial charge in [0.1, 0.15) is 12.4 Å². The molecule has 0 unspecified atom stereocenters. The lowest BCUT2D eigenvalue weighted by molar-refractivity contribution is 0.102. The molecule has 2 aromatic carbocycles. The Labute approximate surface area is 99.0 Å². The molecule has 17 heavy (non-hydrogen) atoms. The third-order valence-electron chi connectivity index (χ3n) is 2.78. The summed E-state index contributed by atoms with van der Waals surface area (Å²) >= 11 is 0. The summed E-state index contributed by atoms with van der Waals surface area (Å²) in [5.41, 5.74) is 2.29. The second-order valence-electron chi connectivity index (χ2n) is 3.90. The molecule has 3 heteroatoms. The van der Waals surface area contributed by atoms with Crippen molar-refractivity contribution in [2.24, 2.45) is 0 Å². The van der Waals surface area contributed by atoms with E-state index in [0.29, 0.717) is 23.6 Å². The molecule has 2 aromatic rings. The molecular weight excluding hydrogens is 214 g/mol. The van der Waals surface area contributed by atoms with Crippen LogP contribution in [0.25, 0.3) is 0 Å². The van der Waals surface area contributed by atoms with Gasteiger partial charge in [0.15, 0.2) is 0 Å². The van der Waals surface area contributed by atoms with E-state index in [1.807, 2.05) is 48.5 Å². The standard InChI is InChI=1S/C14H11NO2/c16-14-11-6-2-1-5-10(11)9-17-13-8-4-3-7-12(13)15-14/h1-8H,9H2,(H,15,16). The van der Waals surface area contributed by atoms with Gasteiger partial charge >= 0.3 is 0 Å². The fourth-order valence-electron chi connectivity index (χ4n) is 1.91. The first-order valence-corrected chi connectivity index (χ1v) is 5.46. The number of fused-ring (bicyclic) bond motifs is 2. The zero-order valence-electron chi connectivity index (χ0n) is 9.14. The summed E-state index contributed by atoms with van der Waals surface area (Å²) in [5, 5.41) is 2.85. The summed E-state index contributed by atoms with van der Waals surface area (Å²) in [5.74, 6) is 0.617. The molecule has 1 aliphatic heterocycles. The van der Waals surface area contributed by atoms with E-state index >= 15 is 0 Å². The Hall–Kier alpha value is -2.29. The number of nitrogens with one attached hydrogen (secondary N) is 1. The minimum absolute atomic E-state index is 0.0867. The number of ether oxygens (including phenoxy) is 1. The summed E-state index contributed by atoms with van der Waals surface area (Å²) in [6, 6.07) is 14.9. The predicted octanol–water partition coefficient (Wildman–Crippen LogP) is 2.83.